The molecule has 4 rings (SSSR count). The lowest BCUT2D eigenvalue weighted by Crippen LogP contribution is -2.35. The van der Waals surface area contributed by atoms with E-state index in [1.807, 2.05) is 55.5 Å². The quantitative estimate of drug-likeness (QED) is 0.443. The topological polar surface area (TPSA) is 67.3 Å². The summed E-state index contributed by atoms with van der Waals surface area (Å²) in [4.78, 5) is 19.4. The number of anilines is 1. The van der Waals surface area contributed by atoms with Gasteiger partial charge in [0.15, 0.2) is 15.0 Å². The van der Waals surface area contributed by atoms with Gasteiger partial charge >= 0.3 is 0 Å². The number of aromatic nitrogens is 1. The fourth-order valence-corrected chi connectivity index (χ4v) is 5.41. The molecule has 0 aliphatic heterocycles. The van der Waals surface area contributed by atoms with Gasteiger partial charge in [0.2, 0.25) is 5.91 Å². The lowest BCUT2D eigenvalue weighted by Gasteiger charge is -2.20. The Hall–Kier alpha value is -3.03. The normalized spacial score (nSPS) is 11.5. The zero-order valence-electron chi connectivity index (χ0n) is 16.4. The number of rotatable bonds is 6. The highest BCUT2D eigenvalue weighted by Crippen LogP contribution is 2.31. The van der Waals surface area contributed by atoms with Crippen molar-refractivity contribution < 1.29 is 13.2 Å². The van der Waals surface area contributed by atoms with Crippen LogP contribution >= 0.6 is 11.3 Å². The van der Waals surface area contributed by atoms with E-state index in [2.05, 4.69) is 4.98 Å². The van der Waals surface area contributed by atoms with Gasteiger partial charge in [0.1, 0.15) is 5.75 Å². The van der Waals surface area contributed by atoms with Crippen molar-refractivity contribution in [1.82, 2.24) is 4.98 Å². The van der Waals surface area contributed by atoms with Gasteiger partial charge in [-0.3, -0.25) is 9.69 Å². The molecule has 152 valence electrons. The summed E-state index contributed by atoms with van der Waals surface area (Å²) in [6.45, 7) is 2.25. The predicted molar refractivity (Wildman–Crippen MR) is 120 cm³/mol. The summed E-state index contributed by atoms with van der Waals surface area (Å²) in [5.74, 6) is -1.11. The summed E-state index contributed by atoms with van der Waals surface area (Å²) < 4.78 is 26.5. The maximum absolute atomic E-state index is 13.2. The summed E-state index contributed by atoms with van der Waals surface area (Å²) in [5.41, 5.74) is 2.79. The highest BCUT2D eigenvalue weighted by molar-refractivity contribution is 7.92. The number of carbonyl (C=O) groups excluding carboxylic acids is 1. The maximum Gasteiger partial charge on any atom is 0.244 e. The van der Waals surface area contributed by atoms with Gasteiger partial charge in [-0.1, -0.05) is 65.9 Å². The molecule has 0 aliphatic carbocycles. The van der Waals surface area contributed by atoms with Gasteiger partial charge in [-0.2, -0.15) is 0 Å². The van der Waals surface area contributed by atoms with Crippen LogP contribution in [-0.2, 0) is 21.2 Å². The Balaban J connectivity index is 1.70. The molecule has 5 nitrogen and oxygen atoms in total. The van der Waals surface area contributed by atoms with Crippen LogP contribution in [0, 0.1) is 6.92 Å². The average Bonchev–Trinajstić information content (AvgIpc) is 3.15. The van der Waals surface area contributed by atoms with Crippen molar-refractivity contribution in [1.29, 1.82) is 0 Å². The Morgan fingerprint density at radius 1 is 0.967 bits per heavy atom. The molecule has 0 saturated carbocycles. The summed E-state index contributed by atoms with van der Waals surface area (Å²) in [5, 5.41) is 0.493. The Labute approximate surface area is 179 Å². The molecule has 0 bridgehead atoms. The van der Waals surface area contributed by atoms with E-state index in [1.54, 1.807) is 18.2 Å². The first-order valence-electron chi connectivity index (χ1n) is 9.42. The molecule has 3 aromatic carbocycles. The second-order valence-electron chi connectivity index (χ2n) is 7.01. The van der Waals surface area contributed by atoms with Crippen LogP contribution in [0.4, 0.5) is 5.13 Å². The van der Waals surface area contributed by atoms with E-state index < -0.39 is 21.5 Å². The molecule has 0 spiro atoms. The first kappa shape index (κ1) is 20.3. The summed E-state index contributed by atoms with van der Waals surface area (Å²) in [6, 6.07) is 23.4. The Morgan fingerprint density at radius 3 is 2.33 bits per heavy atom. The molecule has 0 unspecified atom stereocenters. The minimum absolute atomic E-state index is 0.137. The van der Waals surface area contributed by atoms with Crippen LogP contribution in [-0.4, -0.2) is 25.1 Å². The summed E-state index contributed by atoms with van der Waals surface area (Å²) in [6.07, 6.45) is 0. The van der Waals surface area contributed by atoms with Crippen molar-refractivity contribution >= 4 is 42.4 Å². The number of amides is 1. The molecule has 0 saturated heterocycles. The van der Waals surface area contributed by atoms with Gasteiger partial charge in [-0.05, 0) is 42.3 Å². The smallest absolute Gasteiger partial charge is 0.244 e. The molecule has 0 fully saturated rings. The van der Waals surface area contributed by atoms with E-state index >= 15 is 0 Å². The molecule has 0 N–H and O–H groups in total. The van der Waals surface area contributed by atoms with Crippen LogP contribution in [0.3, 0.4) is 0 Å². The molecule has 1 heterocycles. The molecular formula is C23H20N2O3S2. The maximum atomic E-state index is 13.2. The number of sulfone groups is 1. The molecule has 0 atom stereocenters. The first-order valence-corrected chi connectivity index (χ1v) is 11.9. The zero-order valence-corrected chi connectivity index (χ0v) is 18.0. The van der Waals surface area contributed by atoms with Crippen LogP contribution < -0.4 is 4.90 Å². The SMILES string of the molecule is Cc1ccc2nc(N(Cc3ccccc3)C(=O)CS(=O)(=O)c3ccccc3)sc2c1. The van der Waals surface area contributed by atoms with Gasteiger partial charge in [-0.15, -0.1) is 0 Å². The van der Waals surface area contributed by atoms with Gasteiger partial charge in [0.05, 0.1) is 21.7 Å². The monoisotopic (exact) mass is 436 g/mol. The highest BCUT2D eigenvalue weighted by Gasteiger charge is 2.26. The molecule has 0 aliphatic rings. The number of carbonyl (C=O) groups is 1. The van der Waals surface area contributed by atoms with Crippen molar-refractivity contribution in [2.75, 3.05) is 10.7 Å². The van der Waals surface area contributed by atoms with Crippen molar-refractivity contribution in [3.63, 3.8) is 0 Å². The van der Waals surface area contributed by atoms with Crippen molar-refractivity contribution in [3.8, 4) is 0 Å². The fraction of sp³-hybridized carbons (Fsp3) is 0.130. The van der Waals surface area contributed by atoms with Crippen LogP contribution in [0.2, 0.25) is 0 Å². The Morgan fingerprint density at radius 2 is 1.63 bits per heavy atom. The number of hydrogen-bond donors (Lipinski definition) is 0. The van der Waals surface area contributed by atoms with Crippen molar-refractivity contribution in [3.05, 3.63) is 90.0 Å². The molecule has 1 aromatic heterocycles. The summed E-state index contributed by atoms with van der Waals surface area (Å²) >= 11 is 1.39. The lowest BCUT2D eigenvalue weighted by atomic mass is 10.2. The van der Waals surface area contributed by atoms with Crippen molar-refractivity contribution in [2.45, 2.75) is 18.4 Å². The highest BCUT2D eigenvalue weighted by atomic mass is 32.2. The van der Waals surface area contributed by atoms with Crippen LogP contribution in [0.5, 0.6) is 0 Å². The third kappa shape index (κ3) is 4.42. The number of aryl methyl sites for hydroxylation is 1. The number of fused-ring (bicyclic) bond motifs is 1. The zero-order chi connectivity index (χ0) is 21.1. The number of thiazole rings is 1. The first-order chi connectivity index (χ1) is 14.4. The van der Waals surface area contributed by atoms with E-state index in [-0.39, 0.29) is 11.4 Å². The molecule has 30 heavy (non-hydrogen) atoms. The predicted octanol–water partition coefficient (Wildman–Crippen LogP) is 4.61. The van der Waals surface area contributed by atoms with E-state index in [0.717, 1.165) is 21.3 Å². The third-order valence-corrected chi connectivity index (χ3v) is 7.32. The van der Waals surface area contributed by atoms with E-state index in [4.69, 9.17) is 0 Å². The van der Waals surface area contributed by atoms with Crippen molar-refractivity contribution in [2.24, 2.45) is 0 Å². The Kier molecular flexibility index (Phi) is 5.65. The summed E-state index contributed by atoms with van der Waals surface area (Å²) in [7, 11) is -3.76. The number of nitrogens with zero attached hydrogens (tertiary/aromatic N) is 2. The van der Waals surface area contributed by atoms with Gasteiger partial charge < -0.3 is 0 Å². The second kappa shape index (κ2) is 8.38. The lowest BCUT2D eigenvalue weighted by molar-refractivity contribution is -0.116. The van der Waals surface area contributed by atoms with Crippen LogP contribution in [0.15, 0.2) is 83.8 Å². The molecular weight excluding hydrogens is 416 g/mol. The van der Waals surface area contributed by atoms with Gasteiger partial charge in [-0.25, -0.2) is 13.4 Å². The molecule has 4 aromatic rings. The second-order valence-corrected chi connectivity index (χ2v) is 10.0. The standard InChI is InChI=1S/C23H20N2O3S2/c1-17-12-13-20-21(14-17)29-23(24-20)25(15-18-8-4-2-5-9-18)22(26)16-30(27,28)19-10-6-3-7-11-19/h2-14H,15-16H2,1H3. The molecule has 7 heteroatoms. The molecule has 0 radical (unpaired) electrons. The van der Waals surface area contributed by atoms with E-state index in [1.165, 1.54) is 28.4 Å². The van der Waals surface area contributed by atoms with Crippen LogP contribution in [0.1, 0.15) is 11.1 Å². The minimum Gasteiger partial charge on any atom is -0.283 e. The van der Waals surface area contributed by atoms with E-state index in [0.29, 0.717) is 5.13 Å². The average molecular weight is 437 g/mol. The number of hydrogen-bond acceptors (Lipinski definition) is 5. The van der Waals surface area contributed by atoms with Gasteiger partial charge in [0.25, 0.3) is 0 Å². The molecule has 1 amide bonds. The minimum atomic E-state index is -3.76. The number of benzene rings is 3. The van der Waals surface area contributed by atoms with E-state index in [9.17, 15) is 13.2 Å². The van der Waals surface area contributed by atoms with Gasteiger partial charge in [0, 0.05) is 0 Å². The Bertz CT molecular complexity index is 1280. The third-order valence-electron chi connectivity index (χ3n) is 4.66. The largest absolute Gasteiger partial charge is 0.283 e. The van der Waals surface area contributed by atoms with Crippen LogP contribution in [0.25, 0.3) is 10.2 Å². The fourth-order valence-electron chi connectivity index (χ4n) is 3.12.